The van der Waals surface area contributed by atoms with E-state index in [2.05, 4.69) is 10.0 Å². The number of benzene rings is 1. The molecular weight excluding hydrogens is 290 g/mol. The lowest BCUT2D eigenvalue weighted by Gasteiger charge is -2.37. The Morgan fingerprint density at radius 1 is 1.41 bits per heavy atom. The first-order chi connectivity index (χ1) is 10.5. The van der Waals surface area contributed by atoms with Crippen molar-refractivity contribution in [3.05, 3.63) is 46.3 Å². The second-order valence-electron chi connectivity index (χ2n) is 4.99. The number of aliphatic hydroxyl groups excluding tert-OH is 2. The van der Waals surface area contributed by atoms with Crippen LogP contribution in [0.25, 0.3) is 10.4 Å². The largest absolute Gasteiger partial charge is 0.387 e. The van der Waals surface area contributed by atoms with Crippen LogP contribution in [0.15, 0.2) is 35.4 Å². The van der Waals surface area contributed by atoms with Gasteiger partial charge in [0.25, 0.3) is 0 Å². The third-order valence-corrected chi connectivity index (χ3v) is 3.43. The highest BCUT2D eigenvalue weighted by molar-refractivity contribution is 5.80. The van der Waals surface area contributed by atoms with Crippen LogP contribution in [-0.2, 0) is 14.3 Å². The van der Waals surface area contributed by atoms with Crippen molar-refractivity contribution < 1.29 is 24.5 Å². The minimum Gasteiger partial charge on any atom is -0.387 e. The third kappa shape index (κ3) is 3.62. The summed E-state index contributed by atoms with van der Waals surface area (Å²) in [5.41, 5.74) is 9.30. The van der Waals surface area contributed by atoms with E-state index in [0.29, 0.717) is 0 Å². The van der Waals surface area contributed by atoms with Gasteiger partial charge in [0.15, 0.2) is 12.1 Å². The predicted octanol–water partition coefficient (Wildman–Crippen LogP) is 1.09. The number of carbonyl (C=O) groups is 1. The molecule has 0 aliphatic carbocycles. The Balaban J connectivity index is 2.20. The number of hydrogen-bond acceptors (Lipinski definition) is 6. The highest BCUT2D eigenvalue weighted by Gasteiger charge is 2.40. The van der Waals surface area contributed by atoms with Gasteiger partial charge in [0.2, 0.25) is 0 Å². The maximum absolute atomic E-state index is 11.2. The number of nitrogens with zero attached hydrogens (tertiary/aromatic N) is 3. The average molecular weight is 307 g/mol. The van der Waals surface area contributed by atoms with Crippen molar-refractivity contribution in [3.63, 3.8) is 0 Å². The van der Waals surface area contributed by atoms with Gasteiger partial charge in [-0.1, -0.05) is 35.4 Å². The van der Waals surface area contributed by atoms with Crippen LogP contribution in [0.3, 0.4) is 0 Å². The number of rotatable bonds is 5. The van der Waals surface area contributed by atoms with Gasteiger partial charge in [-0.25, -0.2) is 0 Å². The van der Waals surface area contributed by atoms with Gasteiger partial charge in [0, 0.05) is 10.5 Å². The second-order valence-corrected chi connectivity index (χ2v) is 4.99. The fraction of sp³-hybridized carbons (Fsp3) is 0.500. The van der Waals surface area contributed by atoms with E-state index in [1.54, 1.807) is 24.3 Å². The SMILES string of the molecule is CC(=O)[C@@H](O)[C@@H](O)[C@@H]1OC(c2ccccc2)OC[C@H]1N=[N+]=[N-]. The van der Waals surface area contributed by atoms with Crippen LogP contribution >= 0.6 is 0 Å². The molecule has 2 rings (SSSR count). The topological polar surface area (TPSA) is 125 Å². The molecule has 0 saturated carbocycles. The molecule has 1 unspecified atom stereocenters. The Morgan fingerprint density at radius 3 is 2.68 bits per heavy atom. The molecule has 118 valence electrons. The summed E-state index contributed by atoms with van der Waals surface area (Å²) in [6, 6.07) is 8.16. The predicted molar refractivity (Wildman–Crippen MR) is 75.6 cm³/mol. The number of ketones is 1. The van der Waals surface area contributed by atoms with Crippen LogP contribution in [0.4, 0.5) is 0 Å². The van der Waals surface area contributed by atoms with E-state index < -0.39 is 36.4 Å². The van der Waals surface area contributed by atoms with Crippen molar-refractivity contribution in [2.75, 3.05) is 6.61 Å². The standard InChI is InChI=1S/C14H17N3O5/c1-8(18)11(19)12(20)13-10(16-17-15)7-21-14(22-13)9-5-3-2-4-6-9/h2-6,10-14,19-20H,7H2,1H3/t10-,11-,12-,13-,14?/m1/s1. The minimum absolute atomic E-state index is 0.00989. The molecule has 2 N–H and O–H groups in total. The minimum atomic E-state index is -1.61. The van der Waals surface area contributed by atoms with Crippen molar-refractivity contribution >= 4 is 5.78 Å². The molecule has 1 saturated heterocycles. The summed E-state index contributed by atoms with van der Waals surface area (Å²) in [6.07, 6.45) is -4.95. The molecule has 1 aliphatic rings. The Bertz CT molecular complexity index is 561. The van der Waals surface area contributed by atoms with Crippen LogP contribution in [0, 0.1) is 0 Å². The molecule has 8 nitrogen and oxygen atoms in total. The summed E-state index contributed by atoms with van der Waals surface area (Å²) < 4.78 is 11.1. The number of aliphatic hydroxyl groups is 2. The zero-order valence-electron chi connectivity index (χ0n) is 11.9. The number of Topliss-reactive ketones (excluding diaryl/α,β-unsaturated/α-hetero) is 1. The molecule has 22 heavy (non-hydrogen) atoms. The van der Waals surface area contributed by atoms with E-state index in [0.717, 1.165) is 12.5 Å². The Morgan fingerprint density at radius 2 is 2.09 bits per heavy atom. The molecular formula is C14H17N3O5. The van der Waals surface area contributed by atoms with Crippen LogP contribution in [0.2, 0.25) is 0 Å². The number of azide groups is 1. The molecule has 8 heteroatoms. The summed E-state index contributed by atoms with van der Waals surface area (Å²) in [7, 11) is 0. The quantitative estimate of drug-likeness (QED) is 0.478. The zero-order valence-corrected chi connectivity index (χ0v) is 11.9. The number of ether oxygens (including phenoxy) is 2. The number of hydrogen-bond donors (Lipinski definition) is 2. The normalized spacial score (nSPS) is 27.5. The Labute approximate surface area is 126 Å². The Hall–Kier alpha value is -1.96. The van der Waals surface area contributed by atoms with E-state index in [4.69, 9.17) is 15.0 Å². The highest BCUT2D eigenvalue weighted by Crippen LogP contribution is 2.30. The molecule has 0 aromatic heterocycles. The summed E-state index contributed by atoms with van der Waals surface area (Å²) in [5, 5.41) is 23.4. The van der Waals surface area contributed by atoms with Gasteiger partial charge >= 0.3 is 0 Å². The molecule has 1 aromatic rings. The first-order valence-corrected chi connectivity index (χ1v) is 6.77. The maximum atomic E-state index is 11.2. The van der Waals surface area contributed by atoms with E-state index >= 15 is 0 Å². The lowest BCUT2D eigenvalue weighted by atomic mass is 9.98. The number of carbonyl (C=O) groups excluding carboxylic acids is 1. The second kappa shape index (κ2) is 7.35. The van der Waals surface area contributed by atoms with Gasteiger partial charge in [-0.05, 0) is 12.5 Å². The van der Waals surface area contributed by atoms with Gasteiger partial charge in [0.05, 0.1) is 12.6 Å². The average Bonchev–Trinajstić information content (AvgIpc) is 2.55. The summed E-state index contributed by atoms with van der Waals surface area (Å²) >= 11 is 0. The van der Waals surface area contributed by atoms with Crippen LogP contribution in [-0.4, -0.2) is 47.0 Å². The maximum Gasteiger partial charge on any atom is 0.184 e. The van der Waals surface area contributed by atoms with Gasteiger partial charge < -0.3 is 19.7 Å². The monoisotopic (exact) mass is 307 g/mol. The fourth-order valence-electron chi connectivity index (χ4n) is 2.23. The lowest BCUT2D eigenvalue weighted by molar-refractivity contribution is -0.252. The van der Waals surface area contributed by atoms with Gasteiger partial charge in [0.1, 0.15) is 18.3 Å². The molecule has 1 heterocycles. The zero-order chi connectivity index (χ0) is 16.1. The van der Waals surface area contributed by atoms with Crippen molar-refractivity contribution in [2.45, 2.75) is 37.6 Å². The van der Waals surface area contributed by atoms with Gasteiger partial charge in [-0.15, -0.1) is 0 Å². The first-order valence-electron chi connectivity index (χ1n) is 6.77. The van der Waals surface area contributed by atoms with Crippen LogP contribution < -0.4 is 0 Å². The van der Waals surface area contributed by atoms with Crippen LogP contribution in [0.5, 0.6) is 0 Å². The lowest BCUT2D eigenvalue weighted by Crippen LogP contribution is -2.52. The molecule has 0 spiro atoms. The molecule has 0 amide bonds. The van der Waals surface area contributed by atoms with E-state index in [1.807, 2.05) is 6.07 Å². The molecule has 1 aromatic carbocycles. The molecule has 1 fully saturated rings. The van der Waals surface area contributed by atoms with Gasteiger partial charge in [-0.2, -0.15) is 0 Å². The van der Waals surface area contributed by atoms with Crippen molar-refractivity contribution in [2.24, 2.45) is 5.11 Å². The highest BCUT2D eigenvalue weighted by atomic mass is 16.7. The molecule has 5 atom stereocenters. The van der Waals surface area contributed by atoms with Gasteiger partial charge in [-0.3, -0.25) is 4.79 Å². The van der Waals surface area contributed by atoms with Crippen molar-refractivity contribution in [3.8, 4) is 0 Å². The van der Waals surface area contributed by atoms with E-state index in [-0.39, 0.29) is 6.61 Å². The summed E-state index contributed by atoms with van der Waals surface area (Å²) in [4.78, 5) is 13.9. The van der Waals surface area contributed by atoms with E-state index in [9.17, 15) is 15.0 Å². The molecule has 0 bridgehead atoms. The smallest absolute Gasteiger partial charge is 0.184 e. The van der Waals surface area contributed by atoms with Crippen molar-refractivity contribution in [1.29, 1.82) is 0 Å². The fourth-order valence-corrected chi connectivity index (χ4v) is 2.23. The third-order valence-electron chi connectivity index (χ3n) is 3.43. The molecule has 0 radical (unpaired) electrons. The summed E-state index contributed by atoms with van der Waals surface area (Å²) in [5.74, 6) is -0.599. The van der Waals surface area contributed by atoms with Crippen molar-refractivity contribution in [1.82, 2.24) is 0 Å². The van der Waals surface area contributed by atoms with E-state index in [1.165, 1.54) is 0 Å². The first kappa shape index (κ1) is 16.4. The Kier molecular flexibility index (Phi) is 5.48. The summed E-state index contributed by atoms with van der Waals surface area (Å²) in [6.45, 7) is 1.17. The molecule has 1 aliphatic heterocycles. The van der Waals surface area contributed by atoms with Crippen LogP contribution in [0.1, 0.15) is 18.8 Å².